The maximum atomic E-state index is 2.73. The van der Waals surface area contributed by atoms with Crippen molar-refractivity contribution in [3.63, 3.8) is 0 Å². The summed E-state index contributed by atoms with van der Waals surface area (Å²) in [6.45, 7) is 9.94. The summed E-state index contributed by atoms with van der Waals surface area (Å²) in [6.07, 6.45) is 16.9. The van der Waals surface area contributed by atoms with Crippen molar-refractivity contribution in [2.24, 2.45) is 11.8 Å². The predicted octanol–water partition coefficient (Wildman–Crippen LogP) is 8.50. The van der Waals surface area contributed by atoms with Gasteiger partial charge in [0.15, 0.2) is 0 Å². The zero-order valence-electron chi connectivity index (χ0n) is 18.0. The molecule has 0 radical (unpaired) electrons. The molecule has 0 N–H and O–H groups in total. The molecule has 4 aliphatic carbocycles. The van der Waals surface area contributed by atoms with Gasteiger partial charge >= 0.3 is 172 Å². The van der Waals surface area contributed by atoms with Crippen LogP contribution in [0.25, 0.3) is 0 Å². The van der Waals surface area contributed by atoms with Crippen LogP contribution in [-0.2, 0) is 20.3 Å². The van der Waals surface area contributed by atoms with E-state index in [9.17, 15) is 0 Å². The van der Waals surface area contributed by atoms with Gasteiger partial charge in [0.05, 0.1) is 0 Å². The van der Waals surface area contributed by atoms with E-state index in [2.05, 4.69) is 39.8 Å². The molecule has 1 heterocycles. The summed E-state index contributed by atoms with van der Waals surface area (Å²) < 4.78 is 5.31. The molecule has 1 aliphatic heterocycles. The summed E-state index contributed by atoms with van der Waals surface area (Å²) in [4.78, 5) is 0. The Labute approximate surface area is 171 Å². The normalized spacial score (nSPS) is 32.1. The first-order valence-electron chi connectivity index (χ1n) is 11.9. The molecule has 0 amide bonds. The first kappa shape index (κ1) is 18.8. The van der Waals surface area contributed by atoms with Crippen molar-refractivity contribution in [3.8, 4) is 0 Å². The van der Waals surface area contributed by atoms with Crippen molar-refractivity contribution in [1.29, 1.82) is 0 Å². The maximum absolute atomic E-state index is 2.73. The molecule has 5 rings (SSSR count). The molecule has 0 bridgehead atoms. The van der Waals surface area contributed by atoms with Gasteiger partial charge < -0.3 is 0 Å². The average molecular weight is 442 g/mol. The Morgan fingerprint density at radius 2 is 1.07 bits per heavy atom. The minimum absolute atomic E-state index is 0.752. The van der Waals surface area contributed by atoms with Crippen LogP contribution in [0.5, 0.6) is 0 Å². The van der Waals surface area contributed by atoms with Gasteiger partial charge in [-0.15, -0.1) is 0 Å². The number of hydrogen-bond donors (Lipinski definition) is 0. The van der Waals surface area contributed by atoms with Crippen LogP contribution < -0.4 is 0 Å². The van der Waals surface area contributed by atoms with Gasteiger partial charge in [-0.1, -0.05) is 0 Å². The van der Waals surface area contributed by atoms with E-state index in [1.807, 2.05) is 33.4 Å². The van der Waals surface area contributed by atoms with Gasteiger partial charge in [-0.3, -0.25) is 0 Å². The molecule has 0 aromatic rings. The van der Waals surface area contributed by atoms with Gasteiger partial charge in [0.2, 0.25) is 0 Å². The predicted molar refractivity (Wildman–Crippen MR) is 114 cm³/mol. The quantitative estimate of drug-likeness (QED) is 0.410. The van der Waals surface area contributed by atoms with Crippen molar-refractivity contribution >= 4 is 0 Å². The van der Waals surface area contributed by atoms with Crippen molar-refractivity contribution < 1.29 is 20.3 Å². The third-order valence-electron chi connectivity index (χ3n) is 8.47. The van der Waals surface area contributed by atoms with E-state index in [4.69, 9.17) is 0 Å². The summed E-state index contributed by atoms with van der Waals surface area (Å²) in [5.41, 5.74) is 11.4. The molecular formula is C26H38Zr. The molecule has 146 valence electrons. The molecule has 0 aromatic carbocycles. The molecule has 2 atom stereocenters. The van der Waals surface area contributed by atoms with Crippen LogP contribution >= 0.6 is 0 Å². The Hall–Kier alpha value is -0.157. The van der Waals surface area contributed by atoms with Gasteiger partial charge in [0, 0.05) is 0 Å². The Balaban J connectivity index is 1.59. The molecule has 5 aliphatic rings. The third kappa shape index (κ3) is 2.93. The zero-order valence-corrected chi connectivity index (χ0v) is 20.5. The molecule has 0 saturated carbocycles. The molecule has 0 spiro atoms. The Kier molecular flexibility index (Phi) is 4.86. The zero-order chi connectivity index (χ0) is 18.8. The van der Waals surface area contributed by atoms with Crippen LogP contribution in [0.15, 0.2) is 45.6 Å². The second-order valence-corrected chi connectivity index (χ2v) is 22.1. The van der Waals surface area contributed by atoms with E-state index < -0.39 is 20.3 Å². The van der Waals surface area contributed by atoms with Gasteiger partial charge in [-0.25, -0.2) is 0 Å². The fourth-order valence-electron chi connectivity index (χ4n) is 7.11. The summed E-state index contributed by atoms with van der Waals surface area (Å²) in [7, 11) is 0. The Morgan fingerprint density at radius 1 is 0.667 bits per heavy atom. The second-order valence-electron chi connectivity index (χ2n) is 10.7. The fourth-order valence-corrected chi connectivity index (χ4v) is 26.0. The molecule has 1 heteroatoms. The average Bonchev–Trinajstić information content (AvgIpc) is 3.18. The second kappa shape index (κ2) is 6.97. The monoisotopic (exact) mass is 440 g/mol. The summed E-state index contributed by atoms with van der Waals surface area (Å²) in [5.74, 6) is 1.50. The van der Waals surface area contributed by atoms with Crippen molar-refractivity contribution in [2.45, 2.75) is 94.6 Å². The first-order chi connectivity index (χ1) is 13.0. The minimum atomic E-state index is -2.25. The molecule has 27 heavy (non-hydrogen) atoms. The number of allylic oxidation sites excluding steroid dienone is 8. The molecular weight excluding hydrogens is 404 g/mol. The van der Waals surface area contributed by atoms with Crippen molar-refractivity contribution in [2.75, 3.05) is 0 Å². The fraction of sp³-hybridized carbons (Fsp3) is 0.692. The SMILES string of the molecule is CC(C)C1=CC2=C(CCCC2)[CH]1[Zr]1([CH]2C(C(C)C)=CC3=C2CCCC3)[CH2][CH2]1. The molecule has 2 unspecified atom stereocenters. The van der Waals surface area contributed by atoms with Crippen molar-refractivity contribution in [3.05, 3.63) is 45.6 Å². The van der Waals surface area contributed by atoms with Gasteiger partial charge in [0.1, 0.15) is 0 Å². The topological polar surface area (TPSA) is 0 Å². The van der Waals surface area contributed by atoms with Crippen LogP contribution in [0, 0.1) is 11.8 Å². The van der Waals surface area contributed by atoms with E-state index in [0.717, 1.165) is 19.1 Å². The standard InChI is InChI=1S/2C12H17.C2H4.Zr/c2*1-9(2)12-7-10-5-3-4-6-11(10)8-12;1-2;/h2*7-9H,3-6H2,1-2H3;1-2H2;. The van der Waals surface area contributed by atoms with E-state index in [1.165, 1.54) is 51.4 Å². The van der Waals surface area contributed by atoms with E-state index in [0.29, 0.717) is 0 Å². The van der Waals surface area contributed by atoms with Crippen LogP contribution in [0.3, 0.4) is 0 Å². The number of hydrogen-bond acceptors (Lipinski definition) is 0. The van der Waals surface area contributed by atoms with E-state index in [-0.39, 0.29) is 0 Å². The molecule has 1 saturated heterocycles. The first-order valence-corrected chi connectivity index (χ1v) is 18.2. The van der Waals surface area contributed by atoms with Gasteiger partial charge in [0.25, 0.3) is 0 Å². The Morgan fingerprint density at radius 3 is 1.44 bits per heavy atom. The van der Waals surface area contributed by atoms with Gasteiger partial charge in [-0.05, 0) is 0 Å². The van der Waals surface area contributed by atoms with Crippen molar-refractivity contribution in [1.82, 2.24) is 0 Å². The Bertz CT molecular complexity index is 704. The van der Waals surface area contributed by atoms with Crippen LogP contribution in [0.4, 0.5) is 0 Å². The molecule has 0 aromatic heterocycles. The number of rotatable bonds is 4. The third-order valence-corrected chi connectivity index (χ3v) is 21.5. The summed E-state index contributed by atoms with van der Waals surface area (Å²) >= 11 is -2.25. The summed E-state index contributed by atoms with van der Waals surface area (Å²) in [5, 5.41) is 0. The van der Waals surface area contributed by atoms with Crippen LogP contribution in [0.2, 0.25) is 15.5 Å². The van der Waals surface area contributed by atoms with E-state index >= 15 is 0 Å². The van der Waals surface area contributed by atoms with Crippen LogP contribution in [0.1, 0.15) is 79.1 Å². The van der Waals surface area contributed by atoms with Gasteiger partial charge in [-0.2, -0.15) is 0 Å². The van der Waals surface area contributed by atoms with E-state index in [1.54, 1.807) is 8.26 Å². The summed E-state index contributed by atoms with van der Waals surface area (Å²) in [6, 6.07) is 0. The molecule has 1 fully saturated rings. The molecule has 0 nitrogen and oxygen atoms in total. The van der Waals surface area contributed by atoms with Crippen LogP contribution in [-0.4, -0.2) is 0 Å².